The molecular weight excluding hydrogens is 453 g/mol. The summed E-state index contributed by atoms with van der Waals surface area (Å²) in [5.74, 6) is 0. The zero-order valence-corrected chi connectivity index (χ0v) is 10.6. The smallest absolute Gasteiger partial charge is 0.262 e. The van der Waals surface area contributed by atoms with Crippen molar-refractivity contribution in [2.75, 3.05) is 0 Å². The van der Waals surface area contributed by atoms with Crippen molar-refractivity contribution in [3.05, 3.63) is 0 Å². The van der Waals surface area contributed by atoms with Crippen LogP contribution < -0.4 is 24.7 Å². The van der Waals surface area contributed by atoms with Gasteiger partial charge in [-0.25, -0.2) is 0 Å². The van der Waals surface area contributed by atoms with E-state index in [-0.39, 0.29) is 5.11 Å². The number of quaternary nitrogens is 1. The van der Waals surface area contributed by atoms with Gasteiger partial charge in [0, 0.05) is 12.2 Å². The fourth-order valence-electron chi connectivity index (χ4n) is 0. The summed E-state index contributed by atoms with van der Waals surface area (Å²) in [6.07, 6.45) is 0. The van der Waals surface area contributed by atoms with Crippen LogP contribution in [0.1, 0.15) is 0 Å². The maximum absolute atomic E-state index is 4.73. The Hall–Kier alpha value is 2.04. The molecule has 0 saturated carbocycles. The molecule has 0 aliphatic rings. The van der Waals surface area contributed by atoms with Crippen LogP contribution in [0.2, 0.25) is 0 Å². The largest absolute Gasteiger partial charge is 0.345 e. The molecule has 0 heterocycles. The quantitative estimate of drug-likeness (QED) is 0.306. The Morgan fingerprint density at radius 2 is 1.71 bits per heavy atom. The Kier molecular flexibility index (Phi) is 18.4. The Bertz CT molecular complexity index is 44.2. The molecule has 0 saturated heterocycles. The maximum Gasteiger partial charge on any atom is 0.262 e. The zero-order valence-electron chi connectivity index (χ0n) is 3.33. The van der Waals surface area contributed by atoms with Gasteiger partial charge in [-0.05, 0) is 0 Å². The molecule has 5 N–H and O–H groups in total. The van der Waals surface area contributed by atoms with Gasteiger partial charge in [-0.2, -0.15) is 0 Å². The second-order valence-corrected chi connectivity index (χ2v) is 17.3. The molecule has 7 heavy (non-hydrogen) atoms. The van der Waals surface area contributed by atoms with Crippen molar-refractivity contribution in [3.63, 3.8) is 0 Å². The van der Waals surface area contributed by atoms with Gasteiger partial charge in [-0.1, -0.05) is 0 Å². The van der Waals surface area contributed by atoms with Crippen LogP contribution in [-0.4, -0.2) is 5.11 Å². The van der Waals surface area contributed by atoms with Crippen LogP contribution in [0, 0.1) is 0 Å². The molecular formula is CH5I3N2S. The zero-order chi connectivity index (χ0) is 6.28. The summed E-state index contributed by atoms with van der Waals surface area (Å²) in [5.41, 5.74) is 7.88. The van der Waals surface area contributed by atoms with E-state index in [4.69, 9.17) is 5.73 Å². The fourth-order valence-corrected chi connectivity index (χ4v) is 0. The minimum Gasteiger partial charge on any atom is -0.345 e. The second-order valence-electron chi connectivity index (χ2n) is 0.520. The molecule has 6 heteroatoms. The molecule has 0 aromatic heterocycles. The average Bonchev–Trinajstić information content (AvgIpc) is 1.33. The minimum absolute atomic E-state index is 0.250. The summed E-state index contributed by atoms with van der Waals surface area (Å²) in [7, 11) is 0. The van der Waals surface area contributed by atoms with Crippen molar-refractivity contribution in [2.45, 2.75) is 0 Å². The Morgan fingerprint density at radius 1 is 1.71 bits per heavy atom. The predicted octanol–water partition coefficient (Wildman–Crippen LogP) is -2.75. The molecule has 0 aliphatic carbocycles. The summed E-state index contributed by atoms with van der Waals surface area (Å²) in [5, 5.41) is 0.250. The summed E-state index contributed by atoms with van der Waals surface area (Å²) in [4.78, 5) is 0. The van der Waals surface area contributed by atoms with E-state index in [9.17, 15) is 0 Å². The summed E-state index contributed by atoms with van der Waals surface area (Å²) < 4.78 is 0. The van der Waals surface area contributed by atoms with Gasteiger partial charge in [-0.15, -0.1) is 0 Å². The average molecular weight is 458 g/mol. The molecule has 0 aromatic rings. The monoisotopic (exact) mass is 458 g/mol. The molecule has 0 fully saturated rings. The number of hydrogen-bond donors (Lipinski definition) is 2. The van der Waals surface area contributed by atoms with E-state index in [1.165, 1.54) is 0 Å². The van der Waals surface area contributed by atoms with Crippen LogP contribution in [0.25, 0.3) is 0 Å². The van der Waals surface area contributed by atoms with Crippen LogP contribution in [0.3, 0.4) is 0 Å². The minimum atomic E-state index is 0.250. The third-order valence-electron chi connectivity index (χ3n) is 0. The van der Waals surface area contributed by atoms with Gasteiger partial charge in [0.15, 0.2) is 0 Å². The van der Waals surface area contributed by atoms with Crippen LogP contribution in [0.5, 0.6) is 0 Å². The van der Waals surface area contributed by atoms with Crippen molar-refractivity contribution >= 4 is 54.6 Å². The topological polar surface area (TPSA) is 53.7 Å². The van der Waals surface area contributed by atoms with Gasteiger partial charge >= 0.3 is 50.5 Å². The summed E-state index contributed by atoms with van der Waals surface area (Å²) in [6.45, 7) is 0. The van der Waals surface area contributed by atoms with E-state index in [0.717, 1.165) is 0 Å². The number of thiocarbonyl (C=S) groups is 1. The Balaban J connectivity index is 0. The SMILES string of the molecule is I[I-]I.NC([NH3+])=S. The predicted molar refractivity (Wildman–Crippen MR) is 47.7 cm³/mol. The van der Waals surface area contributed by atoms with E-state index >= 15 is 0 Å². The number of rotatable bonds is 0. The van der Waals surface area contributed by atoms with Gasteiger partial charge in [0.05, 0.1) is 0 Å². The molecule has 0 rings (SSSR count). The van der Waals surface area contributed by atoms with Crippen molar-refractivity contribution in [1.29, 1.82) is 0 Å². The summed E-state index contributed by atoms with van der Waals surface area (Å²) >= 11 is 9.50. The van der Waals surface area contributed by atoms with E-state index in [0.29, 0.717) is 13.3 Å². The first kappa shape index (κ1) is 11.8. The van der Waals surface area contributed by atoms with Crippen molar-refractivity contribution in [2.24, 2.45) is 5.73 Å². The Morgan fingerprint density at radius 3 is 1.71 bits per heavy atom. The number of hydrogen-bond acceptors (Lipinski definition) is 1. The van der Waals surface area contributed by atoms with E-state index in [1.54, 1.807) is 0 Å². The molecule has 0 atom stereocenters. The van der Waals surface area contributed by atoms with Gasteiger partial charge in [0.2, 0.25) is 0 Å². The van der Waals surface area contributed by atoms with Gasteiger partial charge in [-0.3, -0.25) is 0 Å². The third-order valence-corrected chi connectivity index (χ3v) is 0. The second kappa shape index (κ2) is 10.9. The van der Waals surface area contributed by atoms with E-state index in [1.807, 2.05) is 0 Å². The maximum atomic E-state index is 4.73. The Labute approximate surface area is 77.8 Å². The molecule has 2 nitrogen and oxygen atoms in total. The van der Waals surface area contributed by atoms with Crippen LogP contribution in [0.4, 0.5) is 0 Å². The molecule has 0 aliphatic heterocycles. The van der Waals surface area contributed by atoms with Crippen LogP contribution in [0.15, 0.2) is 0 Å². The first-order chi connectivity index (χ1) is 3.15. The first-order valence-electron chi connectivity index (χ1n) is 1.13. The number of halogens is 3. The molecule has 0 amide bonds. The fraction of sp³-hybridized carbons (Fsp3) is 0. The van der Waals surface area contributed by atoms with Crippen molar-refractivity contribution in [3.8, 4) is 0 Å². The normalized spacial score (nSPS) is 6.71. The standard InChI is InChI=1S/CH4N2S.I3/c2-1(3)4;1-3-2/h(H4,2,3,4);/q;-1/p+1. The molecule has 0 spiro atoms. The van der Waals surface area contributed by atoms with Crippen LogP contribution in [-0.2, 0) is 0 Å². The molecule has 46 valence electrons. The third kappa shape index (κ3) is 70.5. The van der Waals surface area contributed by atoms with Gasteiger partial charge in [0.1, 0.15) is 0 Å². The number of nitrogens with two attached hydrogens (primary N) is 1. The molecule has 0 bridgehead atoms. The van der Waals surface area contributed by atoms with Crippen LogP contribution >= 0.6 is 49.4 Å². The summed E-state index contributed by atoms with van der Waals surface area (Å²) in [6, 6.07) is 0. The van der Waals surface area contributed by atoms with Gasteiger partial charge in [0.25, 0.3) is 5.11 Å². The van der Waals surface area contributed by atoms with Crippen molar-refractivity contribution in [1.82, 2.24) is 0 Å². The van der Waals surface area contributed by atoms with Gasteiger partial charge < -0.3 is 11.5 Å². The van der Waals surface area contributed by atoms with E-state index < -0.39 is 0 Å². The molecule has 0 aromatic carbocycles. The molecule has 0 radical (unpaired) electrons. The van der Waals surface area contributed by atoms with Crippen molar-refractivity contribution < 1.29 is 19.0 Å². The van der Waals surface area contributed by atoms with E-state index in [2.05, 4.69) is 55.2 Å². The molecule has 0 unspecified atom stereocenters. The first-order valence-corrected chi connectivity index (χ1v) is 14.1.